The monoisotopic (exact) mass is 327 g/mol. The fourth-order valence-corrected chi connectivity index (χ4v) is 2.47. The average Bonchev–Trinajstić information content (AvgIpc) is 2.36. The van der Waals surface area contributed by atoms with Gasteiger partial charge in [-0.15, -0.1) is 0 Å². The Morgan fingerprint density at radius 3 is 2.43 bits per heavy atom. The third kappa shape index (κ3) is 4.90. The van der Waals surface area contributed by atoms with E-state index in [2.05, 4.69) is 4.74 Å². The summed E-state index contributed by atoms with van der Waals surface area (Å²) >= 11 is 0. The quantitative estimate of drug-likeness (QED) is 0.825. The van der Waals surface area contributed by atoms with Crippen LogP contribution in [0.25, 0.3) is 0 Å². The van der Waals surface area contributed by atoms with Crippen molar-refractivity contribution in [2.24, 2.45) is 0 Å². The summed E-state index contributed by atoms with van der Waals surface area (Å²) in [6, 6.07) is 2.03. The number of methoxy groups -OCH3 is 1. The summed E-state index contributed by atoms with van der Waals surface area (Å²) in [5, 5.41) is 8.41. The first kappa shape index (κ1) is 17.2. The Morgan fingerprint density at radius 1 is 1.33 bits per heavy atom. The van der Waals surface area contributed by atoms with Gasteiger partial charge < -0.3 is 9.84 Å². The largest absolute Gasteiger partial charge is 0.497 e. The molecule has 10 heteroatoms. The number of benzene rings is 1. The molecule has 0 unspecified atom stereocenters. The van der Waals surface area contributed by atoms with Gasteiger partial charge in [-0.1, -0.05) is 0 Å². The summed E-state index contributed by atoms with van der Waals surface area (Å²) in [5.74, 6) is -1.51. The predicted molar refractivity (Wildman–Crippen MR) is 65.4 cm³/mol. The second kappa shape index (κ2) is 6.31. The van der Waals surface area contributed by atoms with Gasteiger partial charge in [0.15, 0.2) is 0 Å². The van der Waals surface area contributed by atoms with E-state index in [4.69, 9.17) is 5.11 Å². The van der Waals surface area contributed by atoms with Crippen LogP contribution in [0, 0.1) is 0 Å². The Morgan fingerprint density at radius 2 is 1.95 bits per heavy atom. The SMILES string of the molecule is COc1cc(C(F)(F)F)cc(S(=O)(=O)NCCC(=O)O)c1. The molecule has 6 nitrogen and oxygen atoms in total. The van der Waals surface area contributed by atoms with Crippen molar-refractivity contribution in [2.75, 3.05) is 13.7 Å². The van der Waals surface area contributed by atoms with Crippen LogP contribution < -0.4 is 9.46 Å². The molecule has 1 aromatic rings. The molecule has 0 radical (unpaired) electrons. The maximum atomic E-state index is 12.7. The lowest BCUT2D eigenvalue weighted by molar-refractivity contribution is -0.138. The Bertz CT molecular complexity index is 627. The highest BCUT2D eigenvalue weighted by Gasteiger charge is 2.32. The smallest absolute Gasteiger partial charge is 0.416 e. The number of hydrogen-bond donors (Lipinski definition) is 2. The molecule has 2 N–H and O–H groups in total. The molecule has 0 aliphatic heterocycles. The highest BCUT2D eigenvalue weighted by atomic mass is 32.2. The molecule has 0 aromatic heterocycles. The Balaban J connectivity index is 3.13. The van der Waals surface area contributed by atoms with Crippen LogP contribution in [-0.2, 0) is 21.0 Å². The van der Waals surface area contributed by atoms with Gasteiger partial charge in [0, 0.05) is 12.6 Å². The minimum atomic E-state index is -4.74. The zero-order valence-electron chi connectivity index (χ0n) is 10.8. The Hall–Kier alpha value is -1.81. The lowest BCUT2D eigenvalue weighted by Crippen LogP contribution is -2.26. The Kier molecular flexibility index (Phi) is 5.18. The molecule has 0 aliphatic rings. The number of aliphatic carboxylic acids is 1. The number of carbonyl (C=O) groups is 1. The van der Waals surface area contributed by atoms with E-state index in [9.17, 15) is 26.4 Å². The van der Waals surface area contributed by atoms with E-state index >= 15 is 0 Å². The van der Waals surface area contributed by atoms with Crippen LogP contribution in [-0.4, -0.2) is 33.1 Å². The van der Waals surface area contributed by atoms with Gasteiger partial charge in [0.25, 0.3) is 0 Å². The van der Waals surface area contributed by atoms with Crippen molar-refractivity contribution in [3.8, 4) is 5.75 Å². The molecule has 1 aromatic carbocycles. The first-order valence-electron chi connectivity index (χ1n) is 5.54. The van der Waals surface area contributed by atoms with Crippen molar-refractivity contribution in [3.63, 3.8) is 0 Å². The van der Waals surface area contributed by atoms with E-state index in [0.29, 0.717) is 12.1 Å². The lowest BCUT2D eigenvalue weighted by Gasteiger charge is -2.12. The minimum Gasteiger partial charge on any atom is -0.497 e. The number of rotatable bonds is 6. The number of ether oxygens (including phenoxy) is 1. The topological polar surface area (TPSA) is 92.7 Å². The second-order valence-corrected chi connectivity index (χ2v) is 5.70. The fraction of sp³-hybridized carbons (Fsp3) is 0.364. The summed E-state index contributed by atoms with van der Waals surface area (Å²) < 4.78 is 68.3. The minimum absolute atomic E-state index is 0.275. The van der Waals surface area contributed by atoms with Gasteiger partial charge >= 0.3 is 12.1 Å². The lowest BCUT2D eigenvalue weighted by atomic mass is 10.2. The zero-order chi connectivity index (χ0) is 16.3. The summed E-state index contributed by atoms with van der Waals surface area (Å²) in [4.78, 5) is 9.65. The molecule has 1 rings (SSSR count). The third-order valence-corrected chi connectivity index (χ3v) is 3.82. The van der Waals surface area contributed by atoms with Gasteiger partial charge in [0.1, 0.15) is 5.75 Å². The Labute approximate surface area is 118 Å². The van der Waals surface area contributed by atoms with Crippen molar-refractivity contribution < 1.29 is 36.2 Å². The normalized spacial score (nSPS) is 12.2. The fourth-order valence-electron chi connectivity index (χ4n) is 1.38. The molecular formula is C11H12F3NO5S. The van der Waals surface area contributed by atoms with Crippen molar-refractivity contribution in [1.82, 2.24) is 4.72 Å². The number of nitrogens with one attached hydrogen (secondary N) is 1. The van der Waals surface area contributed by atoms with E-state index in [1.807, 2.05) is 4.72 Å². The molecular weight excluding hydrogens is 315 g/mol. The molecule has 0 fully saturated rings. The van der Waals surface area contributed by atoms with Gasteiger partial charge in [-0.2, -0.15) is 13.2 Å². The van der Waals surface area contributed by atoms with Crippen LogP contribution in [0.2, 0.25) is 0 Å². The molecule has 0 aliphatic carbocycles. The molecule has 118 valence electrons. The van der Waals surface area contributed by atoms with E-state index in [0.717, 1.165) is 13.2 Å². The van der Waals surface area contributed by atoms with E-state index in [1.54, 1.807) is 0 Å². The highest BCUT2D eigenvalue weighted by Crippen LogP contribution is 2.33. The van der Waals surface area contributed by atoms with Crippen LogP contribution in [0.4, 0.5) is 13.2 Å². The molecule has 0 saturated carbocycles. The van der Waals surface area contributed by atoms with Crippen molar-refractivity contribution in [3.05, 3.63) is 23.8 Å². The van der Waals surface area contributed by atoms with Crippen LogP contribution in [0.5, 0.6) is 5.75 Å². The van der Waals surface area contributed by atoms with Crippen molar-refractivity contribution in [2.45, 2.75) is 17.5 Å². The molecule has 21 heavy (non-hydrogen) atoms. The van der Waals surface area contributed by atoms with Gasteiger partial charge in [0.2, 0.25) is 10.0 Å². The number of halogens is 3. The first-order chi connectivity index (χ1) is 9.56. The van der Waals surface area contributed by atoms with E-state index < -0.39 is 45.6 Å². The predicted octanol–water partition coefficient (Wildman–Crippen LogP) is 1.47. The number of sulfonamides is 1. The number of alkyl halides is 3. The van der Waals surface area contributed by atoms with Crippen molar-refractivity contribution >= 4 is 16.0 Å². The molecule has 0 saturated heterocycles. The van der Waals surface area contributed by atoms with E-state index in [1.165, 1.54) is 0 Å². The first-order valence-corrected chi connectivity index (χ1v) is 7.02. The molecule has 0 amide bonds. The van der Waals surface area contributed by atoms with E-state index in [-0.39, 0.29) is 5.75 Å². The van der Waals surface area contributed by atoms with Crippen LogP contribution in [0.1, 0.15) is 12.0 Å². The summed E-state index contributed by atoms with van der Waals surface area (Å²) in [7, 11) is -3.16. The van der Waals surface area contributed by atoms with Gasteiger partial charge in [-0.3, -0.25) is 4.79 Å². The van der Waals surface area contributed by atoms with Crippen LogP contribution >= 0.6 is 0 Å². The summed E-state index contributed by atoms with van der Waals surface area (Å²) in [6.45, 7) is -0.434. The molecule has 0 atom stereocenters. The van der Waals surface area contributed by atoms with Crippen LogP contribution in [0.3, 0.4) is 0 Å². The van der Waals surface area contributed by atoms with Gasteiger partial charge in [-0.25, -0.2) is 13.1 Å². The number of hydrogen-bond acceptors (Lipinski definition) is 4. The van der Waals surface area contributed by atoms with Crippen molar-refractivity contribution in [1.29, 1.82) is 0 Å². The second-order valence-electron chi connectivity index (χ2n) is 3.94. The average molecular weight is 327 g/mol. The standard InChI is InChI=1S/C11H12F3NO5S/c1-20-8-4-7(11(12,13)14)5-9(6-8)21(18,19)15-3-2-10(16)17/h4-6,15H,2-3H2,1H3,(H,16,17). The zero-order valence-corrected chi connectivity index (χ0v) is 11.6. The third-order valence-electron chi connectivity index (χ3n) is 2.38. The number of carboxylic acid groups (broad SMARTS) is 1. The van der Waals surface area contributed by atoms with Gasteiger partial charge in [-0.05, 0) is 12.1 Å². The highest BCUT2D eigenvalue weighted by molar-refractivity contribution is 7.89. The molecule has 0 spiro atoms. The van der Waals surface area contributed by atoms with Gasteiger partial charge in [0.05, 0.1) is 24.0 Å². The molecule has 0 bridgehead atoms. The number of carboxylic acids is 1. The maximum Gasteiger partial charge on any atom is 0.416 e. The maximum absolute atomic E-state index is 12.7. The molecule has 0 heterocycles. The van der Waals surface area contributed by atoms with Crippen LogP contribution in [0.15, 0.2) is 23.1 Å². The summed E-state index contributed by atoms with van der Waals surface area (Å²) in [5.41, 5.74) is -1.18. The summed E-state index contributed by atoms with van der Waals surface area (Å²) in [6.07, 6.45) is -5.23.